The summed E-state index contributed by atoms with van der Waals surface area (Å²) in [6, 6.07) is 9.69. The zero-order chi connectivity index (χ0) is 23.7. The molecule has 6 heteroatoms. The first-order valence-electron chi connectivity index (χ1n) is 12.8. The molecular formula is C28H42ClIN2O2. The Balaban J connectivity index is 0.00000578. The van der Waals surface area contributed by atoms with Crippen molar-refractivity contribution in [3.8, 4) is 5.75 Å². The van der Waals surface area contributed by atoms with E-state index in [9.17, 15) is 4.79 Å². The third-order valence-electron chi connectivity index (χ3n) is 5.93. The van der Waals surface area contributed by atoms with Gasteiger partial charge in [0.25, 0.3) is 0 Å². The molecule has 0 bridgehead atoms. The first-order valence-corrected chi connectivity index (χ1v) is 13.2. The molecule has 0 spiro atoms. The number of benzene rings is 1. The zero-order valence-corrected chi connectivity index (χ0v) is 23.9. The summed E-state index contributed by atoms with van der Waals surface area (Å²) < 4.78 is 7.95. The van der Waals surface area contributed by atoms with Crippen molar-refractivity contribution >= 4 is 17.5 Å². The Morgan fingerprint density at radius 1 is 0.882 bits per heavy atom. The van der Waals surface area contributed by atoms with Crippen LogP contribution in [0.15, 0.2) is 42.7 Å². The molecule has 0 aliphatic carbocycles. The lowest BCUT2D eigenvalue weighted by Gasteiger charge is -2.10. The van der Waals surface area contributed by atoms with Gasteiger partial charge < -0.3 is 34.0 Å². The van der Waals surface area contributed by atoms with Crippen molar-refractivity contribution in [3.63, 3.8) is 0 Å². The van der Waals surface area contributed by atoms with Gasteiger partial charge in [0.1, 0.15) is 12.3 Å². The number of halogens is 2. The molecule has 0 radical (unpaired) electrons. The van der Waals surface area contributed by atoms with Crippen molar-refractivity contribution in [1.29, 1.82) is 0 Å². The van der Waals surface area contributed by atoms with Crippen LogP contribution < -0.4 is 38.6 Å². The van der Waals surface area contributed by atoms with Gasteiger partial charge in [0, 0.05) is 18.7 Å². The fraction of sp³-hybridized carbons (Fsp3) is 0.571. The topological polar surface area (TPSA) is 42.2 Å². The standard InChI is InChI=1S/C28H41ClN2O2.HI/c1-3-5-6-7-8-9-10-11-12-13-20-33-27-15-14-25(21-26(27)29)22-28(32)30-23-24-16-18-31(4-2)19-17-24;/h14-19,21H,3-13,20,22-23H2,1-2H3;1H. The van der Waals surface area contributed by atoms with Crippen LogP contribution >= 0.6 is 11.6 Å². The summed E-state index contributed by atoms with van der Waals surface area (Å²) in [7, 11) is 0. The molecule has 0 unspecified atom stereocenters. The minimum atomic E-state index is -0.0164. The number of ether oxygens (including phenoxy) is 1. The van der Waals surface area contributed by atoms with Crippen LogP contribution in [0.5, 0.6) is 5.75 Å². The number of carbonyl (C=O) groups is 1. The number of unbranched alkanes of at least 4 members (excludes halogenated alkanes) is 9. The smallest absolute Gasteiger partial charge is 0.224 e. The van der Waals surface area contributed by atoms with Crippen molar-refractivity contribution in [3.05, 3.63) is 58.9 Å². The fourth-order valence-corrected chi connectivity index (χ4v) is 4.07. The Morgan fingerprint density at radius 2 is 1.50 bits per heavy atom. The van der Waals surface area contributed by atoms with Gasteiger partial charge in [-0.2, -0.15) is 0 Å². The number of nitrogens with one attached hydrogen (secondary N) is 1. The maximum Gasteiger partial charge on any atom is 0.224 e. The molecule has 4 nitrogen and oxygen atoms in total. The lowest BCUT2D eigenvalue weighted by molar-refractivity contribution is -0.693. The lowest BCUT2D eigenvalue weighted by atomic mass is 10.1. The number of aryl methyl sites for hydroxylation is 1. The van der Waals surface area contributed by atoms with E-state index in [2.05, 4.69) is 23.7 Å². The van der Waals surface area contributed by atoms with Gasteiger partial charge in [-0.25, -0.2) is 4.57 Å². The average molecular weight is 601 g/mol. The van der Waals surface area contributed by atoms with E-state index in [-0.39, 0.29) is 29.9 Å². The molecule has 1 amide bonds. The van der Waals surface area contributed by atoms with Crippen molar-refractivity contribution in [2.75, 3.05) is 6.61 Å². The molecule has 0 saturated carbocycles. The van der Waals surface area contributed by atoms with E-state index >= 15 is 0 Å². The van der Waals surface area contributed by atoms with Crippen LogP contribution in [0.1, 0.15) is 89.2 Å². The summed E-state index contributed by atoms with van der Waals surface area (Å²) in [4.78, 5) is 12.3. The number of pyridine rings is 1. The largest absolute Gasteiger partial charge is 1.00 e. The highest BCUT2D eigenvalue weighted by Gasteiger charge is 2.08. The Kier molecular flexibility index (Phi) is 17.1. The molecular weight excluding hydrogens is 559 g/mol. The second kappa shape index (κ2) is 18.9. The molecule has 0 saturated heterocycles. The Bertz CT molecular complexity index is 815. The maximum absolute atomic E-state index is 12.3. The third kappa shape index (κ3) is 12.9. The molecule has 2 rings (SSSR count). The van der Waals surface area contributed by atoms with E-state index in [0.717, 1.165) is 24.1 Å². The number of nitrogens with zero attached hydrogens (tertiary/aromatic N) is 1. The number of hydrogen-bond acceptors (Lipinski definition) is 2. The number of carbonyl (C=O) groups excluding carboxylic acids is 1. The quantitative estimate of drug-likeness (QED) is 0.171. The SMILES string of the molecule is CCCCCCCCCCCCOc1ccc(CC(=O)NCc2cc[n+](CC)cc2)cc1Cl.[I-]. The number of amides is 1. The highest BCUT2D eigenvalue weighted by molar-refractivity contribution is 6.32. The summed E-state index contributed by atoms with van der Waals surface area (Å²) in [5, 5.41) is 3.54. The summed E-state index contributed by atoms with van der Waals surface area (Å²) in [5.74, 6) is 0.683. The second-order valence-electron chi connectivity index (χ2n) is 8.79. The average Bonchev–Trinajstić information content (AvgIpc) is 2.82. The summed E-state index contributed by atoms with van der Waals surface area (Å²) in [6.07, 6.45) is 17.4. The predicted molar refractivity (Wildman–Crippen MR) is 137 cm³/mol. The summed E-state index contributed by atoms with van der Waals surface area (Å²) in [5.41, 5.74) is 1.97. The first kappa shape index (κ1) is 30.7. The molecule has 190 valence electrons. The van der Waals surface area contributed by atoms with Crippen LogP contribution in [0.25, 0.3) is 0 Å². The highest BCUT2D eigenvalue weighted by atomic mass is 127. The van der Waals surface area contributed by atoms with E-state index in [1.807, 2.05) is 42.7 Å². The molecule has 2 aromatic rings. The van der Waals surface area contributed by atoms with E-state index < -0.39 is 0 Å². The molecule has 1 N–H and O–H groups in total. The first-order chi connectivity index (χ1) is 16.1. The second-order valence-corrected chi connectivity index (χ2v) is 9.19. The molecule has 1 aromatic heterocycles. The molecule has 0 aliphatic rings. The molecule has 1 aromatic carbocycles. The summed E-state index contributed by atoms with van der Waals surface area (Å²) in [6.45, 7) is 6.51. The lowest BCUT2D eigenvalue weighted by Crippen LogP contribution is -3.00. The van der Waals surface area contributed by atoms with Gasteiger partial charge in [-0.05, 0) is 36.6 Å². The van der Waals surface area contributed by atoms with Gasteiger partial charge >= 0.3 is 0 Å². The van der Waals surface area contributed by atoms with E-state index in [1.165, 1.54) is 57.8 Å². The Morgan fingerprint density at radius 3 is 2.09 bits per heavy atom. The van der Waals surface area contributed by atoms with Gasteiger partial charge in [-0.1, -0.05) is 82.4 Å². The van der Waals surface area contributed by atoms with Crippen molar-refractivity contribution in [1.82, 2.24) is 5.32 Å². The van der Waals surface area contributed by atoms with Crippen molar-refractivity contribution in [2.24, 2.45) is 0 Å². The number of rotatable bonds is 17. The predicted octanol–water partition coefficient (Wildman–Crippen LogP) is 3.81. The molecule has 1 heterocycles. The highest BCUT2D eigenvalue weighted by Crippen LogP contribution is 2.26. The molecule has 0 atom stereocenters. The third-order valence-corrected chi connectivity index (χ3v) is 6.23. The zero-order valence-electron chi connectivity index (χ0n) is 21.0. The van der Waals surface area contributed by atoms with Crippen LogP contribution in [0.2, 0.25) is 5.02 Å². The van der Waals surface area contributed by atoms with Crippen LogP contribution in [0.4, 0.5) is 0 Å². The fourth-order valence-electron chi connectivity index (χ4n) is 3.81. The van der Waals surface area contributed by atoms with Crippen LogP contribution in [0, 0.1) is 0 Å². The van der Waals surface area contributed by atoms with Gasteiger partial charge in [0.05, 0.1) is 18.1 Å². The van der Waals surface area contributed by atoms with E-state index in [0.29, 0.717) is 30.3 Å². The minimum Gasteiger partial charge on any atom is -1.00 e. The monoisotopic (exact) mass is 600 g/mol. The van der Waals surface area contributed by atoms with Crippen LogP contribution in [-0.2, 0) is 24.3 Å². The van der Waals surface area contributed by atoms with Crippen molar-refractivity contribution < 1.29 is 38.1 Å². The van der Waals surface area contributed by atoms with E-state index in [1.54, 1.807) is 0 Å². The molecule has 0 aliphatic heterocycles. The van der Waals surface area contributed by atoms with Gasteiger partial charge in [0.2, 0.25) is 5.91 Å². The number of aromatic nitrogens is 1. The normalized spacial score (nSPS) is 10.6. The van der Waals surface area contributed by atoms with Crippen molar-refractivity contribution in [2.45, 2.75) is 97.6 Å². The van der Waals surface area contributed by atoms with Gasteiger partial charge in [0.15, 0.2) is 12.4 Å². The Labute approximate surface area is 228 Å². The molecule has 0 fully saturated rings. The maximum atomic E-state index is 12.3. The van der Waals surface area contributed by atoms with Crippen LogP contribution in [-0.4, -0.2) is 12.5 Å². The number of hydrogen-bond donors (Lipinski definition) is 1. The molecule has 34 heavy (non-hydrogen) atoms. The van der Waals surface area contributed by atoms with Gasteiger partial charge in [-0.3, -0.25) is 4.79 Å². The Hall–Kier alpha value is -1.34. The van der Waals surface area contributed by atoms with E-state index in [4.69, 9.17) is 16.3 Å². The van der Waals surface area contributed by atoms with Gasteiger partial charge in [-0.15, -0.1) is 0 Å². The van der Waals surface area contributed by atoms with Crippen LogP contribution in [0.3, 0.4) is 0 Å². The minimum absolute atomic E-state index is 0. The summed E-state index contributed by atoms with van der Waals surface area (Å²) >= 11 is 6.39.